The quantitative estimate of drug-likeness (QED) is 0.524. The van der Waals surface area contributed by atoms with Crippen LogP contribution in [-0.4, -0.2) is 38.6 Å². The van der Waals surface area contributed by atoms with Crippen LogP contribution in [0.1, 0.15) is 9.67 Å². The number of amides is 2. The first-order valence-corrected chi connectivity index (χ1v) is 9.40. The van der Waals surface area contributed by atoms with Gasteiger partial charge in [0.05, 0.1) is 17.3 Å². The van der Waals surface area contributed by atoms with E-state index >= 15 is 0 Å². The van der Waals surface area contributed by atoms with E-state index in [1.54, 1.807) is 24.3 Å². The highest BCUT2D eigenvalue weighted by molar-refractivity contribution is 7.21. The van der Waals surface area contributed by atoms with E-state index < -0.39 is 0 Å². The van der Waals surface area contributed by atoms with Crippen molar-refractivity contribution in [3.8, 4) is 5.69 Å². The predicted molar refractivity (Wildman–Crippen MR) is 107 cm³/mol. The van der Waals surface area contributed by atoms with Gasteiger partial charge < -0.3 is 10.6 Å². The van der Waals surface area contributed by atoms with Crippen molar-refractivity contribution in [1.29, 1.82) is 0 Å². The number of hydrogen-bond donors (Lipinski definition) is 2. The Morgan fingerprint density at radius 3 is 2.61 bits per heavy atom. The molecule has 140 valence electrons. The number of carbonyl (C=O) groups is 2. The van der Waals surface area contributed by atoms with Crippen LogP contribution in [0.25, 0.3) is 15.8 Å². The molecule has 2 heterocycles. The molecule has 8 nitrogen and oxygen atoms in total. The zero-order valence-corrected chi connectivity index (χ0v) is 15.9. The Labute approximate surface area is 168 Å². The van der Waals surface area contributed by atoms with E-state index in [2.05, 4.69) is 26.2 Å². The number of carbonyl (C=O) groups excluding carboxylic acids is 2. The van der Waals surface area contributed by atoms with Gasteiger partial charge in [-0.15, -0.1) is 16.4 Å². The first kappa shape index (κ1) is 18.1. The number of thiophene rings is 1. The van der Waals surface area contributed by atoms with Gasteiger partial charge in [-0.25, -0.2) is 4.68 Å². The molecule has 0 spiro atoms. The largest absolute Gasteiger partial charge is 0.342 e. The van der Waals surface area contributed by atoms with E-state index in [1.807, 2.05) is 24.3 Å². The van der Waals surface area contributed by atoms with Crippen molar-refractivity contribution in [2.45, 2.75) is 0 Å². The maximum Gasteiger partial charge on any atom is 0.263 e. The molecule has 0 aliphatic rings. The van der Waals surface area contributed by atoms with Crippen molar-refractivity contribution in [3.63, 3.8) is 0 Å². The van der Waals surface area contributed by atoms with Crippen molar-refractivity contribution in [2.75, 3.05) is 11.9 Å². The lowest BCUT2D eigenvalue weighted by Gasteiger charge is -2.07. The van der Waals surface area contributed by atoms with Crippen molar-refractivity contribution >= 4 is 50.5 Å². The standard InChI is InChI=1S/C18H13ClN6O2S/c19-16-13-3-1-2-4-14(13)28-17(16)18(27)20-9-15(26)22-11-5-7-12(8-6-11)25-10-21-23-24-25/h1-8,10H,9H2,(H,20,27)(H,22,26). The van der Waals surface area contributed by atoms with E-state index in [-0.39, 0.29) is 18.4 Å². The highest BCUT2D eigenvalue weighted by atomic mass is 35.5. The fraction of sp³-hybridized carbons (Fsp3) is 0.0556. The molecule has 0 aliphatic carbocycles. The fourth-order valence-corrected chi connectivity index (χ4v) is 4.02. The predicted octanol–water partition coefficient (Wildman–Crippen LogP) is 2.90. The molecule has 2 aromatic carbocycles. The summed E-state index contributed by atoms with van der Waals surface area (Å²) in [6.45, 7) is -0.168. The minimum Gasteiger partial charge on any atom is -0.342 e. The molecule has 0 fully saturated rings. The van der Waals surface area contributed by atoms with Crippen LogP contribution in [0.5, 0.6) is 0 Å². The van der Waals surface area contributed by atoms with Crippen molar-refractivity contribution in [1.82, 2.24) is 25.5 Å². The molecule has 0 bridgehead atoms. The molecule has 0 saturated carbocycles. The number of halogens is 1. The molecular formula is C18H13ClN6O2S. The SMILES string of the molecule is O=C(CNC(=O)c1sc2ccccc2c1Cl)Nc1ccc(-n2cnnn2)cc1. The Morgan fingerprint density at radius 1 is 1.11 bits per heavy atom. The van der Waals surface area contributed by atoms with E-state index in [9.17, 15) is 9.59 Å². The molecule has 0 saturated heterocycles. The Kier molecular flexibility index (Phi) is 5.00. The first-order chi connectivity index (χ1) is 13.6. The molecule has 0 radical (unpaired) electrons. The lowest BCUT2D eigenvalue weighted by Crippen LogP contribution is -2.32. The van der Waals surface area contributed by atoms with Gasteiger partial charge in [-0.05, 0) is 40.8 Å². The summed E-state index contributed by atoms with van der Waals surface area (Å²) >= 11 is 7.58. The fourth-order valence-electron chi connectivity index (χ4n) is 2.58. The van der Waals surface area contributed by atoms with Crippen LogP contribution in [0.2, 0.25) is 5.02 Å². The molecule has 0 atom stereocenters. The third kappa shape index (κ3) is 3.71. The topological polar surface area (TPSA) is 102 Å². The van der Waals surface area contributed by atoms with Gasteiger partial charge in [-0.2, -0.15) is 0 Å². The van der Waals surface area contributed by atoms with E-state index in [1.165, 1.54) is 22.3 Å². The molecule has 0 unspecified atom stereocenters. The molecule has 10 heteroatoms. The van der Waals surface area contributed by atoms with Crippen LogP contribution in [0, 0.1) is 0 Å². The lowest BCUT2D eigenvalue weighted by atomic mass is 10.2. The Hall–Kier alpha value is -3.30. The van der Waals surface area contributed by atoms with Gasteiger partial charge in [0.15, 0.2) is 0 Å². The summed E-state index contributed by atoms with van der Waals surface area (Å²) in [5.74, 6) is -0.726. The first-order valence-electron chi connectivity index (χ1n) is 8.20. The maximum absolute atomic E-state index is 12.4. The number of tetrazole rings is 1. The van der Waals surface area contributed by atoms with Crippen LogP contribution in [-0.2, 0) is 4.79 Å². The van der Waals surface area contributed by atoms with Gasteiger partial charge in [-0.3, -0.25) is 9.59 Å². The minimum absolute atomic E-state index is 0.168. The molecule has 2 amide bonds. The van der Waals surface area contributed by atoms with Crippen LogP contribution >= 0.6 is 22.9 Å². The molecule has 0 aliphatic heterocycles. The summed E-state index contributed by atoms with van der Waals surface area (Å²) in [4.78, 5) is 24.9. The van der Waals surface area contributed by atoms with Gasteiger partial charge >= 0.3 is 0 Å². The van der Waals surface area contributed by atoms with E-state index in [4.69, 9.17) is 11.6 Å². The summed E-state index contributed by atoms with van der Waals surface area (Å²) in [6, 6.07) is 14.5. The summed E-state index contributed by atoms with van der Waals surface area (Å²) in [6.07, 6.45) is 1.47. The van der Waals surface area contributed by atoms with Gasteiger partial charge in [0.1, 0.15) is 11.2 Å². The summed E-state index contributed by atoms with van der Waals surface area (Å²) in [7, 11) is 0. The zero-order valence-electron chi connectivity index (χ0n) is 14.3. The lowest BCUT2D eigenvalue weighted by molar-refractivity contribution is -0.115. The second-order valence-corrected chi connectivity index (χ2v) is 7.20. The number of nitrogens with zero attached hydrogens (tertiary/aromatic N) is 4. The van der Waals surface area contributed by atoms with Crippen LogP contribution < -0.4 is 10.6 Å². The number of fused-ring (bicyclic) bond motifs is 1. The number of anilines is 1. The summed E-state index contributed by atoms with van der Waals surface area (Å²) < 4.78 is 2.42. The van der Waals surface area contributed by atoms with Crippen molar-refractivity contribution in [3.05, 3.63) is 64.8 Å². The third-order valence-corrected chi connectivity index (χ3v) is 5.59. The Morgan fingerprint density at radius 2 is 1.89 bits per heavy atom. The highest BCUT2D eigenvalue weighted by Gasteiger charge is 2.17. The zero-order chi connectivity index (χ0) is 19.5. The minimum atomic E-state index is -0.379. The van der Waals surface area contributed by atoms with Crippen molar-refractivity contribution in [2.24, 2.45) is 0 Å². The molecule has 2 N–H and O–H groups in total. The number of nitrogens with one attached hydrogen (secondary N) is 2. The second kappa shape index (κ2) is 7.75. The van der Waals surface area contributed by atoms with E-state index in [0.29, 0.717) is 15.6 Å². The summed E-state index contributed by atoms with van der Waals surface area (Å²) in [5, 5.41) is 17.5. The molecule has 28 heavy (non-hydrogen) atoms. The Balaban J connectivity index is 1.36. The van der Waals surface area contributed by atoms with Gasteiger partial charge in [0.2, 0.25) is 5.91 Å². The average molecular weight is 413 g/mol. The van der Waals surface area contributed by atoms with E-state index in [0.717, 1.165) is 15.8 Å². The van der Waals surface area contributed by atoms with Gasteiger partial charge in [-0.1, -0.05) is 29.8 Å². The molecule has 4 aromatic rings. The average Bonchev–Trinajstić information content (AvgIpc) is 3.36. The number of hydrogen-bond acceptors (Lipinski definition) is 6. The number of aromatic nitrogens is 4. The van der Waals surface area contributed by atoms with Crippen molar-refractivity contribution < 1.29 is 9.59 Å². The second-order valence-electron chi connectivity index (χ2n) is 5.77. The van der Waals surface area contributed by atoms with Crippen LogP contribution in [0.15, 0.2) is 54.9 Å². The smallest absolute Gasteiger partial charge is 0.263 e. The third-order valence-electron chi connectivity index (χ3n) is 3.92. The Bertz CT molecular complexity index is 1140. The molecular weight excluding hydrogens is 400 g/mol. The van der Waals surface area contributed by atoms with Crippen LogP contribution in [0.4, 0.5) is 5.69 Å². The van der Waals surface area contributed by atoms with Gasteiger partial charge in [0.25, 0.3) is 5.91 Å². The van der Waals surface area contributed by atoms with Gasteiger partial charge in [0, 0.05) is 15.8 Å². The number of rotatable bonds is 5. The molecule has 4 rings (SSSR count). The maximum atomic E-state index is 12.4. The normalized spacial score (nSPS) is 10.8. The summed E-state index contributed by atoms with van der Waals surface area (Å²) in [5.41, 5.74) is 1.35. The van der Waals surface area contributed by atoms with Crippen LogP contribution in [0.3, 0.4) is 0 Å². The highest BCUT2D eigenvalue weighted by Crippen LogP contribution is 2.34. The monoisotopic (exact) mass is 412 g/mol. The number of benzene rings is 2. The molecule has 2 aromatic heterocycles.